The molecule has 4 heteroatoms. The Kier molecular flexibility index (Phi) is 8.67. The first-order valence-corrected chi connectivity index (χ1v) is 6.20. The molecule has 0 aromatic rings. The lowest BCUT2D eigenvalue weighted by atomic mass is 9.98. The maximum absolute atomic E-state index is 11.8. The number of carbonyl (C=O) groups is 1. The summed E-state index contributed by atoms with van der Waals surface area (Å²) >= 11 is 0. The van der Waals surface area contributed by atoms with E-state index in [4.69, 9.17) is 0 Å². The van der Waals surface area contributed by atoms with Crippen molar-refractivity contribution in [3.05, 3.63) is 0 Å². The average molecular weight is 249 g/mol. The van der Waals surface area contributed by atoms with Crippen molar-refractivity contribution in [1.29, 1.82) is 0 Å². The molecule has 1 atom stereocenters. The summed E-state index contributed by atoms with van der Waals surface area (Å²) in [5, 5.41) is 3.03. The number of hydrogen-bond acceptors (Lipinski definition) is 2. The van der Waals surface area contributed by atoms with Crippen LogP contribution in [-0.2, 0) is 4.79 Å². The Labute approximate surface area is 105 Å². The second kappa shape index (κ2) is 8.82. The van der Waals surface area contributed by atoms with E-state index in [0.717, 1.165) is 25.6 Å². The molecule has 0 spiro atoms. The van der Waals surface area contributed by atoms with Crippen LogP contribution in [-0.4, -0.2) is 37.5 Å². The van der Waals surface area contributed by atoms with Crippen molar-refractivity contribution in [3.63, 3.8) is 0 Å². The van der Waals surface area contributed by atoms with Gasteiger partial charge < -0.3 is 10.2 Å². The Bertz CT molecular complexity index is 199. The molecular weight excluding hydrogens is 224 g/mol. The van der Waals surface area contributed by atoms with Gasteiger partial charge in [0.15, 0.2) is 0 Å². The largest absolute Gasteiger partial charge is 0.343 e. The fourth-order valence-electron chi connectivity index (χ4n) is 2.21. The summed E-state index contributed by atoms with van der Waals surface area (Å²) in [4.78, 5) is 13.8. The maximum Gasteiger partial charge on any atom is 0.223 e. The Hall–Kier alpha value is -0.280. The molecule has 16 heavy (non-hydrogen) atoms. The highest BCUT2D eigenvalue weighted by molar-refractivity contribution is 5.85. The van der Waals surface area contributed by atoms with E-state index in [-0.39, 0.29) is 12.4 Å². The zero-order chi connectivity index (χ0) is 11.1. The Balaban J connectivity index is 0.00000225. The van der Waals surface area contributed by atoms with Crippen molar-refractivity contribution < 1.29 is 4.79 Å². The monoisotopic (exact) mass is 248 g/mol. The summed E-state index contributed by atoms with van der Waals surface area (Å²) < 4.78 is 0. The van der Waals surface area contributed by atoms with Gasteiger partial charge in [-0.1, -0.05) is 13.3 Å². The van der Waals surface area contributed by atoms with Gasteiger partial charge in [-0.2, -0.15) is 0 Å². The molecule has 1 aliphatic heterocycles. The minimum absolute atomic E-state index is 0. The third kappa shape index (κ3) is 5.17. The molecule has 1 aliphatic rings. The number of rotatable bonds is 4. The molecule has 1 rings (SSSR count). The molecule has 0 aliphatic carbocycles. The Morgan fingerprint density at radius 1 is 1.38 bits per heavy atom. The zero-order valence-electron chi connectivity index (χ0n) is 10.5. The second-order valence-electron chi connectivity index (χ2n) is 4.44. The molecule has 1 unspecified atom stereocenters. The number of likely N-dealkylation sites (tertiary alicyclic amines) is 1. The second-order valence-corrected chi connectivity index (χ2v) is 4.44. The number of amides is 1. The first kappa shape index (κ1) is 15.7. The van der Waals surface area contributed by atoms with Crippen LogP contribution in [0.5, 0.6) is 0 Å². The fourth-order valence-corrected chi connectivity index (χ4v) is 2.21. The summed E-state index contributed by atoms with van der Waals surface area (Å²) in [5.41, 5.74) is 0. The molecule has 0 aromatic heterocycles. The molecule has 1 amide bonds. The molecule has 0 radical (unpaired) electrons. The molecule has 1 N–H and O–H groups in total. The summed E-state index contributed by atoms with van der Waals surface area (Å²) in [7, 11) is 1.89. The molecule has 0 bridgehead atoms. The van der Waals surface area contributed by atoms with Crippen molar-refractivity contribution in [2.45, 2.75) is 39.0 Å². The molecule has 1 fully saturated rings. The van der Waals surface area contributed by atoms with Crippen molar-refractivity contribution in [2.24, 2.45) is 5.92 Å². The van der Waals surface area contributed by atoms with Crippen LogP contribution < -0.4 is 5.32 Å². The van der Waals surface area contributed by atoms with E-state index >= 15 is 0 Å². The Morgan fingerprint density at radius 2 is 2.12 bits per heavy atom. The van der Waals surface area contributed by atoms with Gasteiger partial charge in [0, 0.05) is 26.1 Å². The minimum atomic E-state index is 0. The van der Waals surface area contributed by atoms with Crippen molar-refractivity contribution >= 4 is 18.3 Å². The molecular formula is C12H25ClN2O. The van der Waals surface area contributed by atoms with E-state index in [1.54, 1.807) is 0 Å². The van der Waals surface area contributed by atoms with Crippen molar-refractivity contribution in [3.8, 4) is 0 Å². The average Bonchev–Trinajstić information content (AvgIpc) is 2.50. The van der Waals surface area contributed by atoms with Gasteiger partial charge in [-0.05, 0) is 32.2 Å². The lowest BCUT2D eigenvalue weighted by molar-refractivity contribution is -0.131. The number of carbonyl (C=O) groups excluding carboxylic acids is 1. The van der Waals surface area contributed by atoms with Gasteiger partial charge in [0.2, 0.25) is 5.91 Å². The topological polar surface area (TPSA) is 32.3 Å². The van der Waals surface area contributed by atoms with Crippen molar-refractivity contribution in [1.82, 2.24) is 10.2 Å². The van der Waals surface area contributed by atoms with E-state index in [9.17, 15) is 4.79 Å². The molecule has 3 nitrogen and oxygen atoms in total. The molecule has 0 aromatic carbocycles. The SMILES string of the molecule is CCC1CCCN(C(=O)CCNC)CC1.Cl. The molecule has 1 saturated heterocycles. The fraction of sp³-hybridized carbons (Fsp3) is 0.917. The number of nitrogens with one attached hydrogen (secondary N) is 1. The Morgan fingerprint density at radius 3 is 2.75 bits per heavy atom. The van der Waals surface area contributed by atoms with E-state index in [2.05, 4.69) is 12.2 Å². The van der Waals surface area contributed by atoms with Gasteiger partial charge in [0.05, 0.1) is 0 Å². The highest BCUT2D eigenvalue weighted by Crippen LogP contribution is 2.20. The van der Waals surface area contributed by atoms with E-state index in [1.807, 2.05) is 11.9 Å². The predicted octanol–water partition coefficient (Wildman–Crippen LogP) is 2.06. The summed E-state index contributed by atoms with van der Waals surface area (Å²) in [6.45, 7) is 5.00. The summed E-state index contributed by atoms with van der Waals surface area (Å²) in [6.07, 6.45) is 5.59. The van der Waals surface area contributed by atoms with Crippen LogP contribution in [0.15, 0.2) is 0 Å². The normalized spacial score (nSPS) is 21.1. The van der Waals surface area contributed by atoms with Gasteiger partial charge in [-0.15, -0.1) is 12.4 Å². The molecule has 96 valence electrons. The van der Waals surface area contributed by atoms with Crippen LogP contribution in [0.25, 0.3) is 0 Å². The molecule has 0 saturated carbocycles. The zero-order valence-corrected chi connectivity index (χ0v) is 11.3. The van der Waals surface area contributed by atoms with E-state index in [1.165, 1.54) is 25.7 Å². The number of nitrogens with zero attached hydrogens (tertiary/aromatic N) is 1. The standard InChI is InChI=1S/C12H24N2O.ClH/c1-3-11-5-4-9-14(10-7-11)12(15)6-8-13-2;/h11,13H,3-10H2,1-2H3;1H. The minimum Gasteiger partial charge on any atom is -0.343 e. The maximum atomic E-state index is 11.8. The lowest BCUT2D eigenvalue weighted by Crippen LogP contribution is -2.33. The third-order valence-corrected chi connectivity index (χ3v) is 3.37. The van der Waals surface area contributed by atoms with Gasteiger partial charge in [-0.3, -0.25) is 4.79 Å². The number of halogens is 1. The van der Waals surface area contributed by atoms with Crippen LogP contribution in [0, 0.1) is 5.92 Å². The van der Waals surface area contributed by atoms with E-state index in [0.29, 0.717) is 12.3 Å². The first-order valence-electron chi connectivity index (χ1n) is 6.20. The predicted molar refractivity (Wildman–Crippen MR) is 70.0 cm³/mol. The van der Waals surface area contributed by atoms with Gasteiger partial charge >= 0.3 is 0 Å². The highest BCUT2D eigenvalue weighted by Gasteiger charge is 2.18. The van der Waals surface area contributed by atoms with Gasteiger partial charge in [0.25, 0.3) is 0 Å². The summed E-state index contributed by atoms with van der Waals surface area (Å²) in [5.74, 6) is 1.16. The van der Waals surface area contributed by atoms with Crippen LogP contribution in [0.4, 0.5) is 0 Å². The van der Waals surface area contributed by atoms with Crippen LogP contribution in [0.3, 0.4) is 0 Å². The van der Waals surface area contributed by atoms with Crippen LogP contribution in [0.2, 0.25) is 0 Å². The first-order chi connectivity index (χ1) is 7.27. The van der Waals surface area contributed by atoms with Gasteiger partial charge in [0.1, 0.15) is 0 Å². The van der Waals surface area contributed by atoms with Gasteiger partial charge in [-0.25, -0.2) is 0 Å². The smallest absolute Gasteiger partial charge is 0.223 e. The lowest BCUT2D eigenvalue weighted by Gasteiger charge is -2.20. The third-order valence-electron chi connectivity index (χ3n) is 3.37. The summed E-state index contributed by atoms with van der Waals surface area (Å²) in [6, 6.07) is 0. The van der Waals surface area contributed by atoms with E-state index < -0.39 is 0 Å². The van der Waals surface area contributed by atoms with Crippen molar-refractivity contribution in [2.75, 3.05) is 26.7 Å². The molecule has 1 heterocycles. The number of hydrogen-bond donors (Lipinski definition) is 1. The van der Waals surface area contributed by atoms with Crippen LogP contribution >= 0.6 is 12.4 Å². The quantitative estimate of drug-likeness (QED) is 0.826. The van der Waals surface area contributed by atoms with Crippen LogP contribution in [0.1, 0.15) is 39.0 Å². The highest BCUT2D eigenvalue weighted by atomic mass is 35.5.